The van der Waals surface area contributed by atoms with Crippen LogP contribution in [0.4, 0.5) is 0 Å². The molecule has 3 heteroatoms. The van der Waals surface area contributed by atoms with E-state index >= 15 is 0 Å². The Morgan fingerprint density at radius 3 is 2.50 bits per heavy atom. The van der Waals surface area contributed by atoms with Gasteiger partial charge >= 0.3 is 0 Å². The van der Waals surface area contributed by atoms with Crippen molar-refractivity contribution in [2.24, 2.45) is 0 Å². The van der Waals surface area contributed by atoms with Crippen molar-refractivity contribution in [1.29, 1.82) is 0 Å². The van der Waals surface area contributed by atoms with Crippen LogP contribution in [-0.2, 0) is 0 Å². The van der Waals surface area contributed by atoms with Gasteiger partial charge in [-0.15, -0.1) is 0 Å². The van der Waals surface area contributed by atoms with Gasteiger partial charge in [-0.05, 0) is 31.4 Å². The first kappa shape index (κ1) is 14.0. The lowest BCUT2D eigenvalue weighted by Gasteiger charge is -2.19. The highest BCUT2D eigenvalue weighted by atomic mass is 32.2. The molecular weight excluding hydrogens is 233 g/mol. The minimum atomic E-state index is 0.0284. The first-order valence-electron chi connectivity index (χ1n) is 5.67. The summed E-state index contributed by atoms with van der Waals surface area (Å²) in [5, 5.41) is 1.52. The van der Waals surface area contributed by atoms with Gasteiger partial charge in [0.25, 0.3) is 0 Å². The van der Waals surface area contributed by atoms with Crippen LogP contribution in [0.1, 0.15) is 0 Å². The molecule has 90 valence electrons. The summed E-state index contributed by atoms with van der Waals surface area (Å²) < 4.78 is 0. The number of thioether (sulfide) groups is 1. The van der Waals surface area contributed by atoms with E-state index in [1.54, 1.807) is 0 Å². The molecule has 0 radical (unpaired) electrons. The average Bonchev–Trinajstić information content (AvgIpc) is 2.34. The highest BCUT2D eigenvalue weighted by molar-refractivity contribution is 7.98. The lowest BCUT2D eigenvalue weighted by molar-refractivity contribution is 0.379. The van der Waals surface area contributed by atoms with Crippen LogP contribution in [0.15, 0.2) is 30.3 Å². The van der Waals surface area contributed by atoms with Crippen LogP contribution in [0.5, 0.6) is 0 Å². The fourth-order valence-electron chi connectivity index (χ4n) is 1.49. The van der Waals surface area contributed by atoms with Gasteiger partial charge in [-0.2, -0.15) is 11.8 Å². The second-order valence-corrected chi connectivity index (χ2v) is 7.40. The van der Waals surface area contributed by atoms with Gasteiger partial charge in [0.2, 0.25) is 0 Å². The number of benzene rings is 1. The Balaban J connectivity index is 2.27. The molecule has 1 aromatic rings. The highest BCUT2D eigenvalue weighted by Gasteiger charge is 2.05. The fourth-order valence-corrected chi connectivity index (χ4v) is 3.57. The normalized spacial score (nSPS) is 13.0. The molecule has 1 atom stereocenters. The van der Waals surface area contributed by atoms with Crippen LogP contribution < -0.4 is 5.30 Å². The summed E-state index contributed by atoms with van der Waals surface area (Å²) in [5.41, 5.74) is 0. The molecule has 0 aliphatic carbocycles. The summed E-state index contributed by atoms with van der Waals surface area (Å²) in [5.74, 6) is 1.24. The SMILES string of the molecule is CSCCN(C)CCP(C)c1ccccc1. The van der Waals surface area contributed by atoms with E-state index < -0.39 is 0 Å². The Bertz CT molecular complexity index is 279. The Labute approximate surface area is 105 Å². The molecular formula is C13H22NPS. The van der Waals surface area contributed by atoms with Crippen LogP contribution in [0.3, 0.4) is 0 Å². The fraction of sp³-hybridized carbons (Fsp3) is 0.538. The second kappa shape index (κ2) is 8.11. The third kappa shape index (κ3) is 5.34. The molecule has 0 aliphatic heterocycles. The Morgan fingerprint density at radius 1 is 1.19 bits per heavy atom. The van der Waals surface area contributed by atoms with Gasteiger partial charge in [0, 0.05) is 18.8 Å². The molecule has 1 rings (SSSR count). The number of nitrogens with zero attached hydrogens (tertiary/aromatic N) is 1. The van der Waals surface area contributed by atoms with E-state index in [9.17, 15) is 0 Å². The third-order valence-electron chi connectivity index (χ3n) is 2.69. The molecule has 0 saturated carbocycles. The summed E-state index contributed by atoms with van der Waals surface area (Å²) in [6, 6.07) is 10.9. The van der Waals surface area contributed by atoms with Gasteiger partial charge in [-0.3, -0.25) is 0 Å². The molecule has 0 saturated heterocycles. The van der Waals surface area contributed by atoms with Crippen molar-refractivity contribution in [1.82, 2.24) is 4.90 Å². The van der Waals surface area contributed by atoms with E-state index in [1.165, 1.54) is 30.3 Å². The number of rotatable bonds is 7. The molecule has 0 bridgehead atoms. The maximum absolute atomic E-state index is 2.44. The van der Waals surface area contributed by atoms with Crippen LogP contribution in [-0.4, -0.2) is 49.9 Å². The third-order valence-corrected chi connectivity index (χ3v) is 5.33. The topological polar surface area (TPSA) is 3.24 Å². The van der Waals surface area contributed by atoms with E-state index in [-0.39, 0.29) is 7.92 Å². The molecule has 0 heterocycles. The lowest BCUT2D eigenvalue weighted by atomic mass is 10.4. The Morgan fingerprint density at radius 2 is 1.88 bits per heavy atom. The van der Waals surface area contributed by atoms with Gasteiger partial charge in [0.15, 0.2) is 0 Å². The maximum Gasteiger partial charge on any atom is 0.00693 e. The maximum atomic E-state index is 2.44. The molecule has 0 amide bonds. The van der Waals surface area contributed by atoms with E-state index in [0.717, 1.165) is 0 Å². The summed E-state index contributed by atoms with van der Waals surface area (Å²) in [4.78, 5) is 2.44. The van der Waals surface area contributed by atoms with Gasteiger partial charge in [-0.25, -0.2) is 0 Å². The zero-order valence-electron chi connectivity index (χ0n) is 10.5. The monoisotopic (exact) mass is 255 g/mol. The zero-order chi connectivity index (χ0) is 11.8. The predicted octanol–water partition coefficient (Wildman–Crippen LogP) is 2.72. The lowest BCUT2D eigenvalue weighted by Crippen LogP contribution is -2.25. The van der Waals surface area contributed by atoms with Gasteiger partial charge < -0.3 is 4.90 Å². The smallest absolute Gasteiger partial charge is 0.00693 e. The molecule has 1 nitrogen and oxygen atoms in total. The van der Waals surface area contributed by atoms with E-state index in [1.807, 2.05) is 11.8 Å². The Hall–Kier alpha value is -0.0400. The summed E-state index contributed by atoms with van der Waals surface area (Å²) in [6.45, 7) is 4.81. The van der Waals surface area contributed by atoms with Crippen molar-refractivity contribution >= 4 is 25.0 Å². The number of hydrogen-bond acceptors (Lipinski definition) is 2. The minimum absolute atomic E-state index is 0.0284. The molecule has 0 spiro atoms. The van der Waals surface area contributed by atoms with Crippen molar-refractivity contribution in [3.05, 3.63) is 30.3 Å². The van der Waals surface area contributed by atoms with E-state index in [2.05, 4.69) is 55.2 Å². The summed E-state index contributed by atoms with van der Waals surface area (Å²) in [6.07, 6.45) is 3.48. The molecule has 0 fully saturated rings. The van der Waals surface area contributed by atoms with Gasteiger partial charge in [0.05, 0.1) is 0 Å². The van der Waals surface area contributed by atoms with Gasteiger partial charge in [0.1, 0.15) is 0 Å². The quantitative estimate of drug-likeness (QED) is 0.689. The van der Waals surface area contributed by atoms with Crippen molar-refractivity contribution in [2.45, 2.75) is 0 Å². The molecule has 1 unspecified atom stereocenters. The summed E-state index contributed by atoms with van der Waals surface area (Å²) in [7, 11) is 2.25. The number of hydrogen-bond donors (Lipinski definition) is 0. The average molecular weight is 255 g/mol. The second-order valence-electron chi connectivity index (χ2n) is 4.05. The molecule has 0 aromatic heterocycles. The minimum Gasteiger partial charge on any atom is -0.305 e. The first-order valence-corrected chi connectivity index (χ1v) is 9.04. The van der Waals surface area contributed by atoms with Crippen molar-refractivity contribution in [2.75, 3.05) is 45.0 Å². The van der Waals surface area contributed by atoms with Crippen LogP contribution in [0.25, 0.3) is 0 Å². The van der Waals surface area contributed by atoms with Crippen LogP contribution >= 0.6 is 19.7 Å². The molecule has 16 heavy (non-hydrogen) atoms. The van der Waals surface area contributed by atoms with Crippen molar-refractivity contribution < 1.29 is 0 Å². The Kier molecular flexibility index (Phi) is 7.11. The molecule has 0 N–H and O–H groups in total. The van der Waals surface area contributed by atoms with Crippen LogP contribution in [0, 0.1) is 0 Å². The molecule has 1 aromatic carbocycles. The largest absolute Gasteiger partial charge is 0.305 e. The van der Waals surface area contributed by atoms with E-state index in [0.29, 0.717) is 0 Å². The molecule has 0 aliphatic rings. The van der Waals surface area contributed by atoms with Crippen LogP contribution in [0.2, 0.25) is 0 Å². The predicted molar refractivity (Wildman–Crippen MR) is 79.7 cm³/mol. The standard InChI is InChI=1S/C13H22NPS/c1-14(10-12-16-3)9-11-15(2)13-7-5-4-6-8-13/h4-8H,9-12H2,1-3H3. The van der Waals surface area contributed by atoms with Crippen molar-refractivity contribution in [3.63, 3.8) is 0 Å². The highest BCUT2D eigenvalue weighted by Crippen LogP contribution is 2.28. The first-order chi connectivity index (χ1) is 7.74. The zero-order valence-corrected chi connectivity index (χ0v) is 12.2. The van der Waals surface area contributed by atoms with Gasteiger partial charge in [-0.1, -0.05) is 38.3 Å². The van der Waals surface area contributed by atoms with Crippen molar-refractivity contribution in [3.8, 4) is 0 Å². The van der Waals surface area contributed by atoms with E-state index in [4.69, 9.17) is 0 Å². The summed E-state index contributed by atoms with van der Waals surface area (Å²) >= 11 is 1.92.